The molecule has 0 atom stereocenters. The molecule has 0 spiro atoms. The molecule has 1 aromatic heterocycles. The number of amides is 1. The first-order valence-corrected chi connectivity index (χ1v) is 12.2. The van der Waals surface area contributed by atoms with E-state index in [1.165, 1.54) is 30.3 Å². The van der Waals surface area contributed by atoms with Gasteiger partial charge in [-0.05, 0) is 53.9 Å². The van der Waals surface area contributed by atoms with Crippen LogP contribution >= 0.6 is 23.2 Å². The van der Waals surface area contributed by atoms with Gasteiger partial charge in [-0.3, -0.25) is 14.5 Å². The summed E-state index contributed by atoms with van der Waals surface area (Å²) in [6.07, 6.45) is -3.33. The summed E-state index contributed by atoms with van der Waals surface area (Å²) in [5.41, 5.74) is 0.492. The van der Waals surface area contributed by atoms with E-state index in [0.717, 1.165) is 12.3 Å². The largest absolute Gasteiger partial charge is 0.433 e. The molecule has 34 heavy (non-hydrogen) atoms. The van der Waals surface area contributed by atoms with Gasteiger partial charge in [0.1, 0.15) is 5.69 Å². The van der Waals surface area contributed by atoms with Crippen LogP contribution in [0.1, 0.15) is 27.2 Å². The van der Waals surface area contributed by atoms with Crippen molar-refractivity contribution in [3.05, 3.63) is 93.2 Å². The minimum absolute atomic E-state index is 0.0234. The molecule has 0 saturated heterocycles. The van der Waals surface area contributed by atoms with Crippen LogP contribution in [-0.4, -0.2) is 25.1 Å². The van der Waals surface area contributed by atoms with Crippen molar-refractivity contribution >= 4 is 44.8 Å². The highest BCUT2D eigenvalue weighted by molar-refractivity contribution is 7.92. The smallest absolute Gasteiger partial charge is 0.348 e. The van der Waals surface area contributed by atoms with Crippen LogP contribution in [0, 0.1) is 0 Å². The summed E-state index contributed by atoms with van der Waals surface area (Å²) in [6.45, 7) is -0.0234. The second-order valence-electron chi connectivity index (χ2n) is 7.19. The Hall–Kier alpha value is -2.82. The van der Waals surface area contributed by atoms with Gasteiger partial charge in [-0.25, -0.2) is 8.42 Å². The van der Waals surface area contributed by atoms with E-state index in [1.807, 2.05) is 0 Å². The molecule has 3 aromatic rings. The standard InChI is InChI=1S/C22H18Cl2F3N3O3S/c23-18-3-1-2-15(20(18)24)10-11-34(32,33)30-17-7-5-16(6-8-17)21(31)29-13-14-4-9-19(28-12-14)22(25,26)27/h1-9,12,30H,10-11,13H2,(H,29,31). The van der Waals surface area contributed by atoms with Crippen molar-refractivity contribution in [1.82, 2.24) is 10.3 Å². The lowest BCUT2D eigenvalue weighted by atomic mass is 10.2. The predicted octanol–water partition coefficient (Wildman–Crippen LogP) is 5.32. The Morgan fingerprint density at radius 3 is 2.32 bits per heavy atom. The molecule has 2 aromatic carbocycles. The van der Waals surface area contributed by atoms with Crippen molar-refractivity contribution < 1.29 is 26.4 Å². The second kappa shape index (κ2) is 10.6. The van der Waals surface area contributed by atoms with Gasteiger partial charge in [-0.15, -0.1) is 0 Å². The number of alkyl halides is 3. The van der Waals surface area contributed by atoms with Crippen LogP contribution in [0.4, 0.5) is 18.9 Å². The number of hydrogen-bond acceptors (Lipinski definition) is 4. The molecule has 0 aliphatic carbocycles. The Morgan fingerprint density at radius 2 is 1.71 bits per heavy atom. The molecule has 180 valence electrons. The molecule has 2 N–H and O–H groups in total. The third kappa shape index (κ3) is 7.09. The fourth-order valence-corrected chi connectivity index (χ4v) is 4.39. The summed E-state index contributed by atoms with van der Waals surface area (Å²) in [6, 6.07) is 12.7. The van der Waals surface area contributed by atoms with Crippen molar-refractivity contribution in [2.75, 3.05) is 10.5 Å². The first-order valence-electron chi connectivity index (χ1n) is 9.78. The topological polar surface area (TPSA) is 88.2 Å². The molecule has 0 saturated carbocycles. The number of carbonyl (C=O) groups is 1. The van der Waals surface area contributed by atoms with Crippen molar-refractivity contribution in [2.24, 2.45) is 0 Å². The molecule has 0 aliphatic heterocycles. The lowest BCUT2D eigenvalue weighted by Gasteiger charge is -2.10. The number of hydrogen-bond donors (Lipinski definition) is 2. The summed E-state index contributed by atoms with van der Waals surface area (Å²) in [4.78, 5) is 15.6. The number of anilines is 1. The molecule has 0 aliphatic rings. The van der Waals surface area contributed by atoms with Crippen molar-refractivity contribution in [2.45, 2.75) is 19.1 Å². The number of benzene rings is 2. The molecule has 0 unspecified atom stereocenters. The van der Waals surface area contributed by atoms with Gasteiger partial charge < -0.3 is 5.32 Å². The van der Waals surface area contributed by atoms with Gasteiger partial charge in [0.05, 0.1) is 15.8 Å². The average molecular weight is 532 g/mol. The van der Waals surface area contributed by atoms with Gasteiger partial charge >= 0.3 is 6.18 Å². The molecule has 12 heteroatoms. The monoisotopic (exact) mass is 531 g/mol. The van der Waals surface area contributed by atoms with E-state index in [2.05, 4.69) is 15.0 Å². The van der Waals surface area contributed by atoms with Crippen LogP contribution in [0.5, 0.6) is 0 Å². The van der Waals surface area contributed by atoms with Crippen LogP contribution in [0.15, 0.2) is 60.8 Å². The highest BCUT2D eigenvalue weighted by atomic mass is 35.5. The normalized spacial score (nSPS) is 11.8. The van der Waals surface area contributed by atoms with Gasteiger partial charge in [0.2, 0.25) is 10.0 Å². The summed E-state index contributed by atoms with van der Waals surface area (Å²) in [7, 11) is -3.70. The molecule has 1 amide bonds. The highest BCUT2D eigenvalue weighted by Crippen LogP contribution is 2.27. The Balaban J connectivity index is 1.54. The second-order valence-corrected chi connectivity index (χ2v) is 9.82. The van der Waals surface area contributed by atoms with Crippen LogP contribution in [-0.2, 0) is 29.2 Å². The number of nitrogens with zero attached hydrogens (tertiary/aromatic N) is 1. The summed E-state index contributed by atoms with van der Waals surface area (Å²) in [5.74, 6) is -0.707. The zero-order chi connectivity index (χ0) is 24.9. The molecule has 0 fully saturated rings. The van der Waals surface area contributed by atoms with Crippen molar-refractivity contribution in [3.8, 4) is 0 Å². The number of halogens is 5. The number of nitrogens with one attached hydrogen (secondary N) is 2. The first kappa shape index (κ1) is 25.8. The SMILES string of the molecule is O=C(NCc1ccc(C(F)(F)F)nc1)c1ccc(NS(=O)(=O)CCc2cccc(Cl)c2Cl)cc1. The molecular formula is C22H18Cl2F3N3O3S. The first-order chi connectivity index (χ1) is 15.9. The van der Waals surface area contributed by atoms with E-state index in [9.17, 15) is 26.4 Å². The summed E-state index contributed by atoms with van der Waals surface area (Å²) in [5, 5.41) is 3.22. The zero-order valence-corrected chi connectivity index (χ0v) is 19.7. The lowest BCUT2D eigenvalue weighted by Crippen LogP contribution is -2.23. The average Bonchev–Trinajstić information content (AvgIpc) is 2.78. The lowest BCUT2D eigenvalue weighted by molar-refractivity contribution is -0.141. The Bertz CT molecular complexity index is 1270. The summed E-state index contributed by atoms with van der Waals surface area (Å²) >= 11 is 12.0. The number of rotatable bonds is 8. The Labute approximate surface area is 204 Å². The Morgan fingerprint density at radius 1 is 1.00 bits per heavy atom. The maximum Gasteiger partial charge on any atom is 0.433 e. The van der Waals surface area contributed by atoms with E-state index in [1.54, 1.807) is 18.2 Å². The van der Waals surface area contributed by atoms with E-state index in [-0.39, 0.29) is 30.0 Å². The van der Waals surface area contributed by atoms with Crippen molar-refractivity contribution in [3.63, 3.8) is 0 Å². The van der Waals surface area contributed by atoms with Gasteiger partial charge in [-0.1, -0.05) is 41.4 Å². The fraction of sp³-hybridized carbons (Fsp3) is 0.182. The van der Waals surface area contributed by atoms with E-state index < -0.39 is 27.8 Å². The maximum absolute atomic E-state index is 12.6. The molecular weight excluding hydrogens is 514 g/mol. The highest BCUT2D eigenvalue weighted by Gasteiger charge is 2.32. The van der Waals surface area contributed by atoms with Gasteiger partial charge in [0.25, 0.3) is 5.91 Å². The van der Waals surface area contributed by atoms with Crippen LogP contribution in [0.3, 0.4) is 0 Å². The van der Waals surface area contributed by atoms with E-state index in [4.69, 9.17) is 23.2 Å². The Kier molecular flexibility index (Phi) is 8.06. The summed E-state index contributed by atoms with van der Waals surface area (Å²) < 4.78 is 64.9. The number of aryl methyl sites for hydroxylation is 1. The zero-order valence-electron chi connectivity index (χ0n) is 17.4. The van der Waals surface area contributed by atoms with E-state index in [0.29, 0.717) is 21.2 Å². The van der Waals surface area contributed by atoms with Crippen molar-refractivity contribution in [1.29, 1.82) is 0 Å². The minimum atomic E-state index is -4.53. The van der Waals surface area contributed by atoms with Crippen LogP contribution in [0.2, 0.25) is 10.0 Å². The van der Waals surface area contributed by atoms with Crippen LogP contribution in [0.25, 0.3) is 0 Å². The minimum Gasteiger partial charge on any atom is -0.348 e. The van der Waals surface area contributed by atoms with Gasteiger partial charge in [0.15, 0.2) is 0 Å². The molecule has 6 nitrogen and oxygen atoms in total. The third-order valence-corrected chi connectivity index (χ3v) is 6.81. The molecule has 0 radical (unpaired) electrons. The number of aromatic nitrogens is 1. The molecule has 1 heterocycles. The number of sulfonamides is 1. The predicted molar refractivity (Wildman–Crippen MR) is 124 cm³/mol. The quantitative estimate of drug-likeness (QED) is 0.411. The molecule has 0 bridgehead atoms. The van der Waals surface area contributed by atoms with E-state index >= 15 is 0 Å². The fourth-order valence-electron chi connectivity index (χ4n) is 2.89. The number of pyridine rings is 1. The molecule has 3 rings (SSSR count). The third-order valence-electron chi connectivity index (χ3n) is 4.66. The van der Waals surface area contributed by atoms with Crippen LogP contribution < -0.4 is 10.0 Å². The number of carbonyl (C=O) groups excluding carboxylic acids is 1. The maximum atomic E-state index is 12.6. The van der Waals surface area contributed by atoms with Gasteiger partial charge in [-0.2, -0.15) is 13.2 Å². The van der Waals surface area contributed by atoms with Gasteiger partial charge in [0, 0.05) is 24.0 Å².